The molecule has 0 aliphatic heterocycles. The maximum Gasteiger partial charge on any atom is 0.220 e. The first kappa shape index (κ1) is 13.6. The van der Waals surface area contributed by atoms with Crippen LogP contribution in [-0.2, 0) is 11.2 Å². The molecule has 0 aliphatic rings. The fourth-order valence-electron chi connectivity index (χ4n) is 1.93. The summed E-state index contributed by atoms with van der Waals surface area (Å²) in [5.41, 5.74) is 8.79. The van der Waals surface area contributed by atoms with Gasteiger partial charge in [-0.15, -0.1) is 0 Å². The molecule has 0 bridgehead atoms. The van der Waals surface area contributed by atoms with Crippen LogP contribution in [0.2, 0.25) is 0 Å². The summed E-state index contributed by atoms with van der Waals surface area (Å²) in [6.45, 7) is 2.00. The maximum atomic E-state index is 11.9. The van der Waals surface area contributed by atoms with Crippen molar-refractivity contribution in [3.05, 3.63) is 52.2 Å². The first-order valence-corrected chi connectivity index (χ1v) is 7.26. The summed E-state index contributed by atoms with van der Waals surface area (Å²) in [7, 11) is 0. The molecule has 4 heteroatoms. The molecule has 2 rings (SSSR count). The van der Waals surface area contributed by atoms with Gasteiger partial charge < -0.3 is 11.1 Å². The van der Waals surface area contributed by atoms with E-state index < -0.39 is 0 Å². The lowest BCUT2D eigenvalue weighted by Gasteiger charge is -2.12. The molecule has 0 saturated carbocycles. The van der Waals surface area contributed by atoms with E-state index in [0.29, 0.717) is 12.8 Å². The summed E-state index contributed by atoms with van der Waals surface area (Å²) < 4.78 is 0. The molecule has 19 heavy (non-hydrogen) atoms. The highest BCUT2D eigenvalue weighted by Crippen LogP contribution is 2.16. The van der Waals surface area contributed by atoms with Crippen LogP contribution in [-0.4, -0.2) is 5.91 Å². The van der Waals surface area contributed by atoms with Gasteiger partial charge in [-0.05, 0) is 47.4 Å². The Balaban J connectivity index is 1.84. The largest absolute Gasteiger partial charge is 0.399 e. The van der Waals surface area contributed by atoms with E-state index in [-0.39, 0.29) is 11.9 Å². The molecule has 3 N–H and O–H groups in total. The van der Waals surface area contributed by atoms with Crippen LogP contribution >= 0.6 is 11.3 Å². The normalized spacial score (nSPS) is 12.1. The van der Waals surface area contributed by atoms with E-state index in [4.69, 9.17) is 5.73 Å². The third-order valence-electron chi connectivity index (χ3n) is 3.10. The molecule has 0 spiro atoms. The lowest BCUT2D eigenvalue weighted by atomic mass is 10.1. The Bertz CT molecular complexity index is 537. The average Bonchev–Trinajstić information content (AvgIpc) is 2.91. The lowest BCUT2D eigenvalue weighted by Crippen LogP contribution is -2.26. The lowest BCUT2D eigenvalue weighted by molar-refractivity contribution is -0.121. The Kier molecular flexibility index (Phi) is 4.58. The highest BCUT2D eigenvalue weighted by atomic mass is 32.1. The van der Waals surface area contributed by atoms with Crippen molar-refractivity contribution >= 4 is 22.9 Å². The monoisotopic (exact) mass is 274 g/mol. The SMILES string of the molecule is CC(NC(=O)CCc1ccccc1N)c1ccsc1. The molecule has 3 nitrogen and oxygen atoms in total. The van der Waals surface area contributed by atoms with E-state index in [2.05, 4.69) is 10.7 Å². The van der Waals surface area contributed by atoms with Gasteiger partial charge in [0.1, 0.15) is 0 Å². The number of nitrogens with two attached hydrogens (primary N) is 1. The Morgan fingerprint density at radius 1 is 1.37 bits per heavy atom. The molecule has 1 aromatic carbocycles. The minimum atomic E-state index is 0.0574. The minimum Gasteiger partial charge on any atom is -0.399 e. The molecular formula is C15H18N2OS. The number of thiophene rings is 1. The zero-order valence-electron chi connectivity index (χ0n) is 10.9. The minimum absolute atomic E-state index is 0.0574. The number of nitrogens with one attached hydrogen (secondary N) is 1. The molecule has 1 heterocycles. The maximum absolute atomic E-state index is 11.9. The summed E-state index contributed by atoms with van der Waals surface area (Å²) in [5.74, 6) is 0.0574. The van der Waals surface area contributed by atoms with Gasteiger partial charge in [-0.25, -0.2) is 0 Å². The zero-order chi connectivity index (χ0) is 13.7. The predicted molar refractivity (Wildman–Crippen MR) is 80.1 cm³/mol. The topological polar surface area (TPSA) is 55.1 Å². The van der Waals surface area contributed by atoms with E-state index in [0.717, 1.165) is 16.8 Å². The number of rotatable bonds is 5. The molecule has 0 saturated heterocycles. The molecule has 0 radical (unpaired) electrons. The zero-order valence-corrected chi connectivity index (χ0v) is 11.7. The second-order valence-corrected chi connectivity index (χ2v) is 5.32. The number of para-hydroxylation sites is 1. The summed E-state index contributed by atoms with van der Waals surface area (Å²) >= 11 is 1.64. The van der Waals surface area contributed by atoms with Gasteiger partial charge in [0.15, 0.2) is 0 Å². The Morgan fingerprint density at radius 2 is 2.16 bits per heavy atom. The standard InChI is InChI=1S/C15H18N2OS/c1-11(13-8-9-19-10-13)17-15(18)7-6-12-4-2-3-5-14(12)16/h2-5,8-11H,6-7,16H2,1H3,(H,17,18). The highest BCUT2D eigenvalue weighted by molar-refractivity contribution is 7.07. The van der Waals surface area contributed by atoms with Crippen molar-refractivity contribution in [3.8, 4) is 0 Å². The Labute approximate surface area is 117 Å². The summed E-state index contributed by atoms with van der Waals surface area (Å²) in [6, 6.07) is 9.76. The van der Waals surface area contributed by atoms with E-state index in [1.54, 1.807) is 11.3 Å². The number of carbonyl (C=O) groups excluding carboxylic acids is 1. The Hall–Kier alpha value is -1.81. The van der Waals surface area contributed by atoms with Crippen molar-refractivity contribution < 1.29 is 4.79 Å². The second kappa shape index (κ2) is 6.38. The van der Waals surface area contributed by atoms with Crippen molar-refractivity contribution in [2.45, 2.75) is 25.8 Å². The molecule has 0 aliphatic carbocycles. The third kappa shape index (κ3) is 3.83. The highest BCUT2D eigenvalue weighted by Gasteiger charge is 2.10. The van der Waals surface area contributed by atoms with Crippen LogP contribution in [0.25, 0.3) is 0 Å². The van der Waals surface area contributed by atoms with E-state index in [9.17, 15) is 4.79 Å². The number of anilines is 1. The molecule has 1 atom stereocenters. The predicted octanol–water partition coefficient (Wildman–Crippen LogP) is 3.14. The molecule has 0 fully saturated rings. The Morgan fingerprint density at radius 3 is 2.84 bits per heavy atom. The van der Waals surface area contributed by atoms with Crippen LogP contribution in [0.15, 0.2) is 41.1 Å². The molecule has 1 unspecified atom stereocenters. The van der Waals surface area contributed by atoms with Crippen LogP contribution in [0.5, 0.6) is 0 Å². The van der Waals surface area contributed by atoms with E-state index in [1.165, 1.54) is 0 Å². The van der Waals surface area contributed by atoms with Gasteiger partial charge in [-0.2, -0.15) is 11.3 Å². The van der Waals surface area contributed by atoms with Crippen LogP contribution in [0, 0.1) is 0 Å². The van der Waals surface area contributed by atoms with Crippen LogP contribution < -0.4 is 11.1 Å². The molecule has 100 valence electrons. The third-order valence-corrected chi connectivity index (χ3v) is 3.80. The second-order valence-electron chi connectivity index (χ2n) is 4.54. The first-order valence-electron chi connectivity index (χ1n) is 6.31. The van der Waals surface area contributed by atoms with Gasteiger partial charge in [0.05, 0.1) is 6.04 Å². The molecule has 1 aromatic heterocycles. The molecule has 2 aromatic rings. The summed E-state index contributed by atoms with van der Waals surface area (Å²) in [5, 5.41) is 7.07. The van der Waals surface area contributed by atoms with Crippen LogP contribution in [0.3, 0.4) is 0 Å². The number of carbonyl (C=O) groups is 1. The van der Waals surface area contributed by atoms with Gasteiger partial charge in [-0.3, -0.25) is 4.79 Å². The number of hydrogen-bond acceptors (Lipinski definition) is 3. The van der Waals surface area contributed by atoms with Crippen molar-refractivity contribution in [1.29, 1.82) is 0 Å². The fourth-order valence-corrected chi connectivity index (χ4v) is 2.68. The molecular weight excluding hydrogens is 256 g/mol. The number of benzene rings is 1. The van der Waals surface area contributed by atoms with E-state index >= 15 is 0 Å². The van der Waals surface area contributed by atoms with Gasteiger partial charge in [0, 0.05) is 12.1 Å². The quantitative estimate of drug-likeness (QED) is 0.823. The number of aryl methyl sites for hydroxylation is 1. The van der Waals surface area contributed by atoms with E-state index in [1.807, 2.05) is 42.6 Å². The van der Waals surface area contributed by atoms with Crippen LogP contribution in [0.1, 0.15) is 30.5 Å². The smallest absolute Gasteiger partial charge is 0.220 e. The van der Waals surface area contributed by atoms with Gasteiger partial charge in [0.25, 0.3) is 0 Å². The van der Waals surface area contributed by atoms with Crippen molar-refractivity contribution in [2.75, 3.05) is 5.73 Å². The first-order chi connectivity index (χ1) is 9.16. The van der Waals surface area contributed by atoms with Crippen LogP contribution in [0.4, 0.5) is 5.69 Å². The number of hydrogen-bond donors (Lipinski definition) is 2. The van der Waals surface area contributed by atoms with Gasteiger partial charge in [-0.1, -0.05) is 18.2 Å². The van der Waals surface area contributed by atoms with Crippen molar-refractivity contribution in [2.24, 2.45) is 0 Å². The van der Waals surface area contributed by atoms with Gasteiger partial charge in [0.2, 0.25) is 5.91 Å². The van der Waals surface area contributed by atoms with Crippen molar-refractivity contribution in [1.82, 2.24) is 5.32 Å². The number of nitrogen functional groups attached to an aromatic ring is 1. The average molecular weight is 274 g/mol. The molecule has 1 amide bonds. The number of amides is 1. The summed E-state index contributed by atoms with van der Waals surface area (Å²) in [6.07, 6.45) is 1.14. The van der Waals surface area contributed by atoms with Gasteiger partial charge >= 0.3 is 0 Å². The fraction of sp³-hybridized carbons (Fsp3) is 0.267. The summed E-state index contributed by atoms with van der Waals surface area (Å²) in [4.78, 5) is 11.9. The van der Waals surface area contributed by atoms with Crippen molar-refractivity contribution in [3.63, 3.8) is 0 Å².